The van der Waals surface area contributed by atoms with Crippen LogP contribution in [0.5, 0.6) is 11.5 Å². The molecule has 0 spiro atoms. The summed E-state index contributed by atoms with van der Waals surface area (Å²) in [5.41, 5.74) is 0.162. The normalized spacial score (nSPS) is 10.2. The minimum absolute atomic E-state index is 0.162. The lowest BCUT2D eigenvalue weighted by Crippen LogP contribution is -2.05. The molecule has 0 radical (unpaired) electrons. The van der Waals surface area contributed by atoms with Crippen LogP contribution in [0.25, 0.3) is 0 Å². The van der Waals surface area contributed by atoms with Gasteiger partial charge in [-0.1, -0.05) is 18.2 Å². The zero-order chi connectivity index (χ0) is 14.4. The van der Waals surface area contributed by atoms with E-state index in [2.05, 4.69) is 0 Å². The van der Waals surface area contributed by atoms with Gasteiger partial charge in [0.1, 0.15) is 17.1 Å². The third-order valence-electron chi connectivity index (χ3n) is 2.54. The topological polar surface area (TPSA) is 66.8 Å². The summed E-state index contributed by atoms with van der Waals surface area (Å²) in [7, 11) is 0. The van der Waals surface area contributed by atoms with Crippen LogP contribution in [0.1, 0.15) is 10.4 Å². The van der Waals surface area contributed by atoms with Crippen LogP contribution in [-0.4, -0.2) is 28.5 Å². The van der Waals surface area contributed by atoms with Crippen LogP contribution in [0.4, 0.5) is 0 Å². The van der Waals surface area contributed by atoms with Crippen molar-refractivity contribution in [3.05, 3.63) is 54.1 Å². The van der Waals surface area contributed by atoms with E-state index >= 15 is 0 Å². The van der Waals surface area contributed by atoms with E-state index in [0.717, 1.165) is 4.90 Å². The Bertz CT molecular complexity index is 598. The van der Waals surface area contributed by atoms with Crippen molar-refractivity contribution < 1.29 is 19.7 Å². The number of ether oxygens (including phenoxy) is 1. The molecule has 0 saturated carbocycles. The Labute approximate surface area is 121 Å². The monoisotopic (exact) mass is 290 g/mol. The van der Waals surface area contributed by atoms with Crippen molar-refractivity contribution in [2.24, 2.45) is 0 Å². The Morgan fingerprint density at radius 3 is 2.70 bits per heavy atom. The highest BCUT2D eigenvalue weighted by molar-refractivity contribution is 7.99. The number of aromatic hydroxyl groups is 1. The van der Waals surface area contributed by atoms with Gasteiger partial charge in [-0.05, 0) is 30.3 Å². The molecule has 4 nitrogen and oxygen atoms in total. The van der Waals surface area contributed by atoms with Crippen molar-refractivity contribution in [2.45, 2.75) is 4.90 Å². The summed E-state index contributed by atoms with van der Waals surface area (Å²) in [5.74, 6) is 0.266. The van der Waals surface area contributed by atoms with E-state index in [1.54, 1.807) is 36.4 Å². The predicted molar refractivity (Wildman–Crippen MR) is 77.7 cm³/mol. The maximum atomic E-state index is 11.0. The lowest BCUT2D eigenvalue weighted by Gasteiger charge is -2.08. The van der Waals surface area contributed by atoms with Crippen LogP contribution in [-0.2, 0) is 0 Å². The molecule has 0 aliphatic heterocycles. The van der Waals surface area contributed by atoms with Gasteiger partial charge in [0.25, 0.3) is 0 Å². The van der Waals surface area contributed by atoms with E-state index < -0.39 is 5.97 Å². The Hall–Kier alpha value is -2.14. The summed E-state index contributed by atoms with van der Waals surface area (Å²) >= 11 is 1.54. The fourth-order valence-corrected chi connectivity index (χ4v) is 2.43. The number of phenols is 1. The lowest BCUT2D eigenvalue weighted by atomic mass is 10.2. The summed E-state index contributed by atoms with van der Waals surface area (Å²) in [4.78, 5) is 11.9. The van der Waals surface area contributed by atoms with Gasteiger partial charge in [0.15, 0.2) is 0 Å². The second-order valence-corrected chi connectivity index (χ2v) is 5.16. The number of thioether (sulfide) groups is 1. The van der Waals surface area contributed by atoms with Crippen LogP contribution in [0.2, 0.25) is 0 Å². The molecule has 2 aromatic carbocycles. The first kappa shape index (κ1) is 14.3. The highest BCUT2D eigenvalue weighted by Gasteiger charge is 2.09. The molecule has 20 heavy (non-hydrogen) atoms. The van der Waals surface area contributed by atoms with Crippen molar-refractivity contribution in [1.29, 1.82) is 0 Å². The summed E-state index contributed by atoms with van der Waals surface area (Å²) in [5, 5.41) is 18.4. The molecule has 0 aromatic heterocycles. The molecule has 0 atom stereocenters. The molecule has 0 amide bonds. The van der Waals surface area contributed by atoms with E-state index in [-0.39, 0.29) is 11.3 Å². The molecule has 2 rings (SSSR count). The zero-order valence-corrected chi connectivity index (χ0v) is 11.5. The first-order valence-corrected chi connectivity index (χ1v) is 7.02. The fourth-order valence-electron chi connectivity index (χ4n) is 1.65. The van der Waals surface area contributed by atoms with Crippen LogP contribution < -0.4 is 4.74 Å². The maximum absolute atomic E-state index is 11.0. The number of hydrogen-bond donors (Lipinski definition) is 2. The van der Waals surface area contributed by atoms with Gasteiger partial charge in [-0.2, -0.15) is 0 Å². The zero-order valence-electron chi connectivity index (χ0n) is 10.7. The molecule has 0 heterocycles. The summed E-state index contributed by atoms with van der Waals surface area (Å²) in [6.07, 6.45) is 0. The van der Waals surface area contributed by atoms with Crippen LogP contribution in [0, 0.1) is 0 Å². The number of carboxylic acids is 1. The van der Waals surface area contributed by atoms with E-state index in [1.165, 1.54) is 17.8 Å². The van der Waals surface area contributed by atoms with E-state index in [1.807, 2.05) is 6.07 Å². The smallest absolute Gasteiger partial charge is 0.339 e. The molecule has 0 saturated heterocycles. The average Bonchev–Trinajstić information content (AvgIpc) is 2.44. The summed E-state index contributed by atoms with van der Waals surface area (Å²) in [6.45, 7) is 0.393. The van der Waals surface area contributed by atoms with Gasteiger partial charge in [0.2, 0.25) is 0 Å². The molecule has 2 aromatic rings. The molecule has 0 unspecified atom stereocenters. The van der Waals surface area contributed by atoms with Gasteiger partial charge in [-0.3, -0.25) is 0 Å². The van der Waals surface area contributed by atoms with Crippen LogP contribution >= 0.6 is 11.8 Å². The number of rotatable bonds is 6. The van der Waals surface area contributed by atoms with Gasteiger partial charge in [-0.25, -0.2) is 4.79 Å². The Morgan fingerprint density at radius 2 is 1.95 bits per heavy atom. The number of aromatic carboxylic acids is 1. The fraction of sp³-hybridized carbons (Fsp3) is 0.133. The second kappa shape index (κ2) is 6.86. The molecular weight excluding hydrogens is 276 g/mol. The Balaban J connectivity index is 1.86. The molecule has 2 N–H and O–H groups in total. The lowest BCUT2D eigenvalue weighted by molar-refractivity contribution is 0.0692. The minimum atomic E-state index is -0.999. The van der Waals surface area contributed by atoms with Gasteiger partial charge in [0.05, 0.1) is 6.61 Å². The van der Waals surface area contributed by atoms with Gasteiger partial charge >= 0.3 is 5.97 Å². The third-order valence-corrected chi connectivity index (χ3v) is 3.50. The van der Waals surface area contributed by atoms with Crippen molar-refractivity contribution in [3.8, 4) is 11.5 Å². The highest BCUT2D eigenvalue weighted by Crippen LogP contribution is 2.23. The van der Waals surface area contributed by atoms with Crippen molar-refractivity contribution in [2.75, 3.05) is 12.4 Å². The van der Waals surface area contributed by atoms with Crippen molar-refractivity contribution in [1.82, 2.24) is 0 Å². The van der Waals surface area contributed by atoms with Crippen molar-refractivity contribution >= 4 is 17.7 Å². The average molecular weight is 290 g/mol. The molecular formula is C15H14O4S. The molecule has 0 aliphatic rings. The second-order valence-electron chi connectivity index (χ2n) is 4.00. The first-order chi connectivity index (χ1) is 9.66. The van der Waals surface area contributed by atoms with Gasteiger partial charge in [0, 0.05) is 10.6 Å². The molecule has 0 fully saturated rings. The number of carboxylic acid groups (broad SMARTS) is 1. The van der Waals surface area contributed by atoms with Crippen LogP contribution in [0.15, 0.2) is 53.4 Å². The van der Waals surface area contributed by atoms with Crippen LogP contribution in [0.3, 0.4) is 0 Å². The predicted octanol–water partition coefficient (Wildman–Crippen LogP) is 3.26. The Morgan fingerprint density at radius 1 is 1.15 bits per heavy atom. The minimum Gasteiger partial charge on any atom is -0.508 e. The molecule has 104 valence electrons. The molecule has 0 aliphatic carbocycles. The van der Waals surface area contributed by atoms with Gasteiger partial charge < -0.3 is 14.9 Å². The SMILES string of the molecule is O=C(O)c1ccccc1OCCSc1cccc(O)c1. The van der Waals surface area contributed by atoms with Crippen molar-refractivity contribution in [3.63, 3.8) is 0 Å². The number of para-hydroxylation sites is 1. The Kier molecular flexibility index (Phi) is 4.90. The summed E-state index contributed by atoms with van der Waals surface area (Å²) in [6, 6.07) is 13.5. The quantitative estimate of drug-likeness (QED) is 0.631. The number of benzene rings is 2. The van der Waals surface area contributed by atoms with E-state index in [4.69, 9.17) is 9.84 Å². The van der Waals surface area contributed by atoms with E-state index in [9.17, 15) is 9.90 Å². The van der Waals surface area contributed by atoms with Gasteiger partial charge in [-0.15, -0.1) is 11.8 Å². The highest BCUT2D eigenvalue weighted by atomic mass is 32.2. The largest absolute Gasteiger partial charge is 0.508 e. The maximum Gasteiger partial charge on any atom is 0.339 e. The number of hydrogen-bond acceptors (Lipinski definition) is 4. The first-order valence-electron chi connectivity index (χ1n) is 6.04. The number of carbonyl (C=O) groups is 1. The molecule has 5 heteroatoms. The third kappa shape index (κ3) is 3.93. The van der Waals surface area contributed by atoms with E-state index in [0.29, 0.717) is 18.1 Å². The molecule has 0 bridgehead atoms. The standard InChI is InChI=1S/C15H14O4S/c16-11-4-3-5-12(10-11)20-9-8-19-14-7-2-1-6-13(14)15(17)18/h1-7,10,16H,8-9H2,(H,17,18). The number of phenolic OH excluding ortho intramolecular Hbond substituents is 1. The summed E-state index contributed by atoms with van der Waals surface area (Å²) < 4.78 is 5.49.